The summed E-state index contributed by atoms with van der Waals surface area (Å²) in [7, 11) is 1.63. The normalized spacial score (nSPS) is 16.3. The molecule has 2 rings (SSSR count). The highest BCUT2D eigenvalue weighted by molar-refractivity contribution is 5.78. The van der Waals surface area contributed by atoms with E-state index in [1.54, 1.807) is 7.11 Å². The molecule has 4 nitrogen and oxygen atoms in total. The second-order valence-corrected chi connectivity index (χ2v) is 4.64. The molecule has 1 fully saturated rings. The van der Waals surface area contributed by atoms with Gasteiger partial charge in [0.05, 0.1) is 19.6 Å². The van der Waals surface area contributed by atoms with Crippen LogP contribution in [0.1, 0.15) is 19.3 Å². The molecule has 0 atom stereocenters. The summed E-state index contributed by atoms with van der Waals surface area (Å²) in [6.45, 7) is 0.604. The second-order valence-electron chi connectivity index (χ2n) is 4.64. The van der Waals surface area contributed by atoms with Gasteiger partial charge in [-0.25, -0.2) is 0 Å². The summed E-state index contributed by atoms with van der Waals surface area (Å²) >= 11 is 0. The molecule has 0 heterocycles. The van der Waals surface area contributed by atoms with Gasteiger partial charge in [0.15, 0.2) is 11.5 Å². The van der Waals surface area contributed by atoms with Crippen molar-refractivity contribution >= 4 is 5.84 Å². The van der Waals surface area contributed by atoms with Crippen molar-refractivity contribution < 1.29 is 9.47 Å². The number of hydrogen-bond donors (Lipinski definition) is 2. The molecular weight excluding hydrogens is 216 g/mol. The third-order valence-corrected chi connectivity index (χ3v) is 3.13. The lowest BCUT2D eigenvalue weighted by Gasteiger charge is -2.16. The molecule has 1 aliphatic rings. The fourth-order valence-corrected chi connectivity index (χ4v) is 1.92. The maximum absolute atomic E-state index is 7.35. The molecule has 92 valence electrons. The van der Waals surface area contributed by atoms with Crippen LogP contribution >= 0.6 is 0 Å². The van der Waals surface area contributed by atoms with Crippen molar-refractivity contribution in [3.63, 3.8) is 0 Å². The molecular formula is C13H18N2O2. The van der Waals surface area contributed by atoms with Gasteiger partial charge in [-0.2, -0.15) is 0 Å². The summed E-state index contributed by atoms with van der Waals surface area (Å²) in [4.78, 5) is 0. The molecule has 1 aliphatic carbocycles. The van der Waals surface area contributed by atoms with E-state index in [1.165, 1.54) is 0 Å². The third kappa shape index (κ3) is 2.90. The van der Waals surface area contributed by atoms with Crippen LogP contribution in [-0.2, 0) is 0 Å². The predicted molar refractivity (Wildman–Crippen MR) is 66.7 cm³/mol. The van der Waals surface area contributed by atoms with Crippen LogP contribution in [0.3, 0.4) is 0 Å². The van der Waals surface area contributed by atoms with E-state index < -0.39 is 0 Å². The molecule has 0 aliphatic heterocycles. The smallest absolute Gasteiger partial charge is 0.161 e. The summed E-state index contributed by atoms with van der Waals surface area (Å²) < 4.78 is 11.0. The average Bonchev–Trinajstić information content (AvgIpc) is 3.06. The summed E-state index contributed by atoms with van der Waals surface area (Å²) in [5.41, 5.74) is 5.54. The monoisotopic (exact) mass is 234 g/mol. The van der Waals surface area contributed by atoms with E-state index in [-0.39, 0.29) is 11.3 Å². The minimum absolute atomic E-state index is 0.0900. The zero-order chi connectivity index (χ0) is 12.3. The van der Waals surface area contributed by atoms with Crippen molar-refractivity contribution in [3.8, 4) is 11.5 Å². The number of ether oxygens (including phenoxy) is 2. The Balaban J connectivity index is 1.96. The zero-order valence-electron chi connectivity index (χ0n) is 10.0. The molecule has 3 N–H and O–H groups in total. The van der Waals surface area contributed by atoms with Crippen molar-refractivity contribution in [2.75, 3.05) is 13.7 Å². The minimum atomic E-state index is 0.0900. The Hall–Kier alpha value is -1.71. The van der Waals surface area contributed by atoms with Gasteiger partial charge in [0, 0.05) is 11.8 Å². The predicted octanol–water partition coefficient (Wildman–Crippen LogP) is 2.18. The van der Waals surface area contributed by atoms with E-state index in [1.807, 2.05) is 24.3 Å². The molecule has 0 amide bonds. The Morgan fingerprint density at radius 2 is 2.00 bits per heavy atom. The van der Waals surface area contributed by atoms with Crippen molar-refractivity contribution in [2.45, 2.75) is 19.3 Å². The number of rotatable bonds is 6. The van der Waals surface area contributed by atoms with Gasteiger partial charge in [0.25, 0.3) is 0 Å². The van der Waals surface area contributed by atoms with Gasteiger partial charge in [0.2, 0.25) is 0 Å². The van der Waals surface area contributed by atoms with Crippen LogP contribution in [0.25, 0.3) is 0 Å². The molecule has 4 heteroatoms. The van der Waals surface area contributed by atoms with Gasteiger partial charge in [-0.15, -0.1) is 0 Å². The fraction of sp³-hybridized carbons (Fsp3) is 0.462. The van der Waals surface area contributed by atoms with Crippen molar-refractivity contribution in [1.29, 1.82) is 5.41 Å². The number of hydrogen-bond acceptors (Lipinski definition) is 3. The SMILES string of the molecule is COc1ccccc1OCC1(CC(=N)N)CC1. The van der Waals surface area contributed by atoms with Crippen LogP contribution in [0.15, 0.2) is 24.3 Å². The number of amidine groups is 1. The van der Waals surface area contributed by atoms with E-state index in [0.29, 0.717) is 13.0 Å². The summed E-state index contributed by atoms with van der Waals surface area (Å²) in [6, 6.07) is 7.60. The lowest BCUT2D eigenvalue weighted by Crippen LogP contribution is -2.21. The Morgan fingerprint density at radius 3 is 2.53 bits per heavy atom. The number of nitrogens with two attached hydrogens (primary N) is 1. The van der Waals surface area contributed by atoms with E-state index in [0.717, 1.165) is 24.3 Å². The van der Waals surface area contributed by atoms with Gasteiger partial charge >= 0.3 is 0 Å². The van der Waals surface area contributed by atoms with E-state index in [2.05, 4.69) is 0 Å². The highest BCUT2D eigenvalue weighted by Gasteiger charge is 2.44. The number of para-hydroxylation sites is 2. The van der Waals surface area contributed by atoms with E-state index >= 15 is 0 Å². The maximum atomic E-state index is 7.35. The molecule has 17 heavy (non-hydrogen) atoms. The summed E-state index contributed by atoms with van der Waals surface area (Å²) in [6.07, 6.45) is 2.80. The molecule has 1 aromatic rings. The van der Waals surface area contributed by atoms with Gasteiger partial charge < -0.3 is 15.2 Å². The topological polar surface area (TPSA) is 68.3 Å². The highest BCUT2D eigenvalue weighted by Crippen LogP contribution is 2.49. The summed E-state index contributed by atoms with van der Waals surface area (Å²) in [5.74, 6) is 1.74. The molecule has 0 radical (unpaired) electrons. The lowest BCUT2D eigenvalue weighted by atomic mass is 10.0. The van der Waals surface area contributed by atoms with Crippen LogP contribution < -0.4 is 15.2 Å². The lowest BCUT2D eigenvalue weighted by molar-refractivity contribution is 0.228. The quantitative estimate of drug-likeness (QED) is 0.585. The molecule has 1 aromatic carbocycles. The maximum Gasteiger partial charge on any atom is 0.161 e. The van der Waals surface area contributed by atoms with Crippen LogP contribution in [0.2, 0.25) is 0 Å². The first-order valence-corrected chi connectivity index (χ1v) is 5.74. The average molecular weight is 234 g/mol. The van der Waals surface area contributed by atoms with Crippen LogP contribution in [0, 0.1) is 10.8 Å². The number of methoxy groups -OCH3 is 1. The van der Waals surface area contributed by atoms with Gasteiger partial charge in [-0.3, -0.25) is 5.41 Å². The Labute approximate surface area is 101 Å². The Morgan fingerprint density at radius 1 is 1.35 bits per heavy atom. The van der Waals surface area contributed by atoms with Gasteiger partial charge in [0.1, 0.15) is 0 Å². The molecule has 0 saturated heterocycles. The summed E-state index contributed by atoms with van der Waals surface area (Å²) in [5, 5.41) is 7.35. The Kier molecular flexibility index (Phi) is 3.22. The van der Waals surface area contributed by atoms with E-state index in [4.69, 9.17) is 20.6 Å². The van der Waals surface area contributed by atoms with Gasteiger partial charge in [-0.05, 0) is 25.0 Å². The van der Waals surface area contributed by atoms with Crippen LogP contribution in [0.4, 0.5) is 0 Å². The zero-order valence-corrected chi connectivity index (χ0v) is 10.0. The Bertz CT molecular complexity index is 414. The third-order valence-electron chi connectivity index (χ3n) is 3.13. The number of benzene rings is 1. The largest absolute Gasteiger partial charge is 0.493 e. The van der Waals surface area contributed by atoms with Crippen molar-refractivity contribution in [1.82, 2.24) is 0 Å². The molecule has 0 bridgehead atoms. The van der Waals surface area contributed by atoms with Crippen molar-refractivity contribution in [3.05, 3.63) is 24.3 Å². The fourth-order valence-electron chi connectivity index (χ4n) is 1.92. The van der Waals surface area contributed by atoms with Crippen LogP contribution in [-0.4, -0.2) is 19.6 Å². The standard InChI is InChI=1S/C13H18N2O2/c1-16-10-4-2-3-5-11(10)17-9-13(6-7-13)8-12(14)15/h2-5H,6-9H2,1H3,(H3,14,15). The van der Waals surface area contributed by atoms with Gasteiger partial charge in [-0.1, -0.05) is 12.1 Å². The molecule has 0 unspecified atom stereocenters. The molecule has 1 saturated carbocycles. The molecule has 0 spiro atoms. The van der Waals surface area contributed by atoms with Crippen molar-refractivity contribution in [2.24, 2.45) is 11.1 Å². The number of nitrogens with one attached hydrogen (secondary N) is 1. The second kappa shape index (κ2) is 4.65. The highest BCUT2D eigenvalue weighted by atomic mass is 16.5. The first-order chi connectivity index (χ1) is 8.15. The van der Waals surface area contributed by atoms with E-state index in [9.17, 15) is 0 Å². The first-order valence-electron chi connectivity index (χ1n) is 5.74. The minimum Gasteiger partial charge on any atom is -0.493 e. The first kappa shape index (κ1) is 11.8. The molecule has 0 aromatic heterocycles. The van der Waals surface area contributed by atoms with Crippen LogP contribution in [0.5, 0.6) is 11.5 Å².